The zero-order valence-electron chi connectivity index (χ0n) is 12.1. The van der Waals surface area contributed by atoms with Crippen molar-refractivity contribution in [3.05, 3.63) is 34.4 Å². The van der Waals surface area contributed by atoms with Crippen LogP contribution in [0.3, 0.4) is 0 Å². The van der Waals surface area contributed by atoms with Crippen LogP contribution in [-0.4, -0.2) is 11.6 Å². The molecular weight excluding hydrogens is 224 g/mol. The molecule has 0 spiro atoms. The van der Waals surface area contributed by atoms with Gasteiger partial charge in [0, 0.05) is 11.5 Å². The standard InChI is InChI=1S/C15H22N2O/c1-9(2)15(18)17-16-13(6)14-8-11(4)10(3)7-12(14)5/h7-9H,1-6H3,(H,17,18)/b16-13+. The summed E-state index contributed by atoms with van der Waals surface area (Å²) in [6.07, 6.45) is 0. The van der Waals surface area contributed by atoms with Crippen LogP contribution in [0.25, 0.3) is 0 Å². The molecule has 0 radical (unpaired) electrons. The van der Waals surface area contributed by atoms with E-state index in [-0.39, 0.29) is 11.8 Å². The summed E-state index contributed by atoms with van der Waals surface area (Å²) < 4.78 is 0. The van der Waals surface area contributed by atoms with Gasteiger partial charge in [-0.1, -0.05) is 19.9 Å². The summed E-state index contributed by atoms with van der Waals surface area (Å²) in [6.45, 7) is 11.9. The van der Waals surface area contributed by atoms with Crippen molar-refractivity contribution in [2.24, 2.45) is 11.0 Å². The molecule has 1 N–H and O–H groups in total. The van der Waals surface area contributed by atoms with E-state index in [0.29, 0.717) is 0 Å². The summed E-state index contributed by atoms with van der Waals surface area (Å²) in [5, 5.41) is 4.16. The molecule has 18 heavy (non-hydrogen) atoms. The Labute approximate surface area is 109 Å². The molecule has 0 aliphatic rings. The molecule has 3 heteroatoms. The van der Waals surface area contributed by atoms with Gasteiger partial charge in [0.05, 0.1) is 5.71 Å². The number of benzene rings is 1. The summed E-state index contributed by atoms with van der Waals surface area (Å²) in [6, 6.07) is 4.26. The van der Waals surface area contributed by atoms with Gasteiger partial charge in [0.2, 0.25) is 5.91 Å². The first-order chi connectivity index (χ1) is 8.32. The monoisotopic (exact) mass is 246 g/mol. The first-order valence-corrected chi connectivity index (χ1v) is 6.25. The van der Waals surface area contributed by atoms with Crippen molar-refractivity contribution < 1.29 is 4.79 Å². The molecule has 0 atom stereocenters. The van der Waals surface area contributed by atoms with E-state index in [2.05, 4.69) is 43.4 Å². The van der Waals surface area contributed by atoms with E-state index in [1.165, 1.54) is 16.7 Å². The van der Waals surface area contributed by atoms with E-state index >= 15 is 0 Å². The number of hydrogen-bond acceptors (Lipinski definition) is 2. The molecule has 1 aromatic rings. The lowest BCUT2D eigenvalue weighted by Crippen LogP contribution is -2.24. The average Bonchev–Trinajstić information content (AvgIpc) is 2.30. The SMILES string of the molecule is C/C(=N\NC(=O)C(C)C)c1cc(C)c(C)cc1C. The van der Waals surface area contributed by atoms with Gasteiger partial charge in [-0.3, -0.25) is 4.79 Å². The molecule has 0 aliphatic heterocycles. The van der Waals surface area contributed by atoms with Gasteiger partial charge in [-0.25, -0.2) is 5.43 Å². The molecule has 0 aliphatic carbocycles. The number of carbonyl (C=O) groups is 1. The molecule has 0 heterocycles. The third-order valence-corrected chi connectivity index (χ3v) is 3.09. The highest BCUT2D eigenvalue weighted by atomic mass is 16.2. The largest absolute Gasteiger partial charge is 0.273 e. The van der Waals surface area contributed by atoms with Gasteiger partial charge in [-0.2, -0.15) is 5.10 Å². The van der Waals surface area contributed by atoms with Gasteiger partial charge in [-0.15, -0.1) is 0 Å². The van der Waals surface area contributed by atoms with Crippen LogP contribution in [-0.2, 0) is 4.79 Å². The highest BCUT2D eigenvalue weighted by Crippen LogP contribution is 2.16. The molecule has 0 unspecified atom stereocenters. The van der Waals surface area contributed by atoms with Crippen LogP contribution in [0.15, 0.2) is 17.2 Å². The van der Waals surface area contributed by atoms with Gasteiger partial charge < -0.3 is 0 Å². The van der Waals surface area contributed by atoms with Crippen molar-refractivity contribution in [3.8, 4) is 0 Å². The number of nitrogens with zero attached hydrogens (tertiary/aromatic N) is 1. The summed E-state index contributed by atoms with van der Waals surface area (Å²) >= 11 is 0. The lowest BCUT2D eigenvalue weighted by atomic mass is 9.98. The highest BCUT2D eigenvalue weighted by Gasteiger charge is 2.07. The van der Waals surface area contributed by atoms with E-state index in [0.717, 1.165) is 11.3 Å². The minimum absolute atomic E-state index is 0.0533. The first kappa shape index (κ1) is 14.4. The third-order valence-electron chi connectivity index (χ3n) is 3.09. The molecule has 1 aromatic carbocycles. The molecule has 0 aromatic heterocycles. The van der Waals surface area contributed by atoms with Crippen molar-refractivity contribution in [1.29, 1.82) is 0 Å². The number of hydrazone groups is 1. The minimum Gasteiger partial charge on any atom is -0.273 e. The number of carbonyl (C=O) groups excluding carboxylic acids is 1. The predicted molar refractivity (Wildman–Crippen MR) is 75.8 cm³/mol. The molecule has 3 nitrogen and oxygen atoms in total. The Balaban J connectivity index is 2.97. The normalized spacial score (nSPS) is 11.8. The lowest BCUT2D eigenvalue weighted by Gasteiger charge is -2.10. The fraction of sp³-hybridized carbons (Fsp3) is 0.467. The minimum atomic E-state index is -0.0594. The van der Waals surface area contributed by atoms with Crippen molar-refractivity contribution in [2.75, 3.05) is 0 Å². The highest BCUT2D eigenvalue weighted by molar-refractivity contribution is 6.00. The lowest BCUT2D eigenvalue weighted by molar-refractivity contribution is -0.123. The zero-order valence-corrected chi connectivity index (χ0v) is 12.1. The number of hydrogen-bond donors (Lipinski definition) is 1. The molecule has 1 rings (SSSR count). The second-order valence-electron chi connectivity index (χ2n) is 5.08. The maximum Gasteiger partial charge on any atom is 0.242 e. The maximum atomic E-state index is 11.5. The van der Waals surface area contributed by atoms with Crippen molar-refractivity contribution in [2.45, 2.75) is 41.5 Å². The summed E-state index contributed by atoms with van der Waals surface area (Å²) in [4.78, 5) is 11.5. The van der Waals surface area contributed by atoms with Crippen LogP contribution in [0.2, 0.25) is 0 Å². The van der Waals surface area contributed by atoms with Crippen molar-refractivity contribution >= 4 is 11.6 Å². The molecule has 0 saturated carbocycles. The van der Waals surface area contributed by atoms with Crippen molar-refractivity contribution in [3.63, 3.8) is 0 Å². The summed E-state index contributed by atoms with van der Waals surface area (Å²) in [5.74, 6) is -0.113. The van der Waals surface area contributed by atoms with Gasteiger partial charge >= 0.3 is 0 Å². The summed E-state index contributed by atoms with van der Waals surface area (Å²) in [5.41, 5.74) is 8.20. The molecule has 0 fully saturated rings. The van der Waals surface area contributed by atoms with Gasteiger partial charge in [0.15, 0.2) is 0 Å². The van der Waals surface area contributed by atoms with Crippen LogP contribution >= 0.6 is 0 Å². The molecule has 98 valence electrons. The van der Waals surface area contributed by atoms with Gasteiger partial charge in [0.25, 0.3) is 0 Å². The predicted octanol–water partition coefficient (Wildman–Crippen LogP) is 3.11. The van der Waals surface area contributed by atoms with E-state index in [1.54, 1.807) is 0 Å². The second kappa shape index (κ2) is 5.80. The van der Waals surface area contributed by atoms with E-state index in [1.807, 2.05) is 20.8 Å². The Morgan fingerprint density at radius 1 is 1.11 bits per heavy atom. The quantitative estimate of drug-likeness (QED) is 0.646. The molecule has 1 amide bonds. The maximum absolute atomic E-state index is 11.5. The number of nitrogens with one attached hydrogen (secondary N) is 1. The Morgan fingerprint density at radius 2 is 1.67 bits per heavy atom. The van der Waals surface area contributed by atoms with E-state index in [4.69, 9.17) is 0 Å². The topological polar surface area (TPSA) is 41.5 Å². The van der Waals surface area contributed by atoms with Crippen LogP contribution in [0.4, 0.5) is 0 Å². The summed E-state index contributed by atoms with van der Waals surface area (Å²) in [7, 11) is 0. The second-order valence-corrected chi connectivity index (χ2v) is 5.08. The first-order valence-electron chi connectivity index (χ1n) is 6.25. The Bertz CT molecular complexity index is 488. The number of rotatable bonds is 3. The van der Waals surface area contributed by atoms with Gasteiger partial charge in [-0.05, 0) is 50.5 Å². The van der Waals surface area contributed by atoms with Crippen LogP contribution in [0.5, 0.6) is 0 Å². The number of aryl methyl sites for hydroxylation is 3. The van der Waals surface area contributed by atoms with Crippen LogP contribution in [0.1, 0.15) is 43.0 Å². The third kappa shape index (κ3) is 3.42. The Kier molecular flexibility index (Phi) is 4.65. The number of amides is 1. The fourth-order valence-corrected chi connectivity index (χ4v) is 1.68. The molecule has 0 saturated heterocycles. The van der Waals surface area contributed by atoms with Crippen LogP contribution in [0, 0.1) is 26.7 Å². The molecular formula is C15H22N2O. The Hall–Kier alpha value is -1.64. The average molecular weight is 246 g/mol. The van der Waals surface area contributed by atoms with Crippen molar-refractivity contribution in [1.82, 2.24) is 5.43 Å². The van der Waals surface area contributed by atoms with E-state index < -0.39 is 0 Å². The van der Waals surface area contributed by atoms with E-state index in [9.17, 15) is 4.79 Å². The Morgan fingerprint density at radius 3 is 2.22 bits per heavy atom. The smallest absolute Gasteiger partial charge is 0.242 e. The fourth-order valence-electron chi connectivity index (χ4n) is 1.68. The van der Waals surface area contributed by atoms with Gasteiger partial charge in [0.1, 0.15) is 0 Å². The van der Waals surface area contributed by atoms with Crippen LogP contribution < -0.4 is 5.43 Å². The molecule has 0 bridgehead atoms. The zero-order chi connectivity index (χ0) is 13.9.